The summed E-state index contributed by atoms with van der Waals surface area (Å²) < 4.78 is 2.15. The summed E-state index contributed by atoms with van der Waals surface area (Å²) in [7, 11) is 1.68. The van der Waals surface area contributed by atoms with Crippen LogP contribution in [-0.4, -0.2) is 27.8 Å². The van der Waals surface area contributed by atoms with E-state index in [-0.39, 0.29) is 17.2 Å². The Morgan fingerprint density at radius 3 is 3.11 bits per heavy atom. The fourth-order valence-electron chi connectivity index (χ4n) is 1.54. The molecule has 0 aliphatic heterocycles. The lowest BCUT2D eigenvalue weighted by Crippen LogP contribution is -2.26. The first-order chi connectivity index (χ1) is 9.13. The molecule has 2 aromatic rings. The average Bonchev–Trinajstić information content (AvgIpc) is 2.87. The first kappa shape index (κ1) is 14.1. The first-order valence-electron chi connectivity index (χ1n) is 5.97. The SMILES string of the molecule is CCCNC(=O)CSc1nc2ccsc2c(=O)n1C. The summed E-state index contributed by atoms with van der Waals surface area (Å²) in [5.41, 5.74) is 0.640. The molecule has 0 unspecified atom stereocenters. The van der Waals surface area contributed by atoms with Gasteiger partial charge in [0.1, 0.15) is 4.70 Å². The van der Waals surface area contributed by atoms with Crippen molar-refractivity contribution in [2.24, 2.45) is 7.05 Å². The van der Waals surface area contributed by atoms with Gasteiger partial charge in [-0.25, -0.2) is 4.98 Å². The van der Waals surface area contributed by atoms with Crippen molar-refractivity contribution in [2.45, 2.75) is 18.5 Å². The molecule has 1 N–H and O–H groups in total. The number of nitrogens with zero attached hydrogens (tertiary/aromatic N) is 2. The summed E-state index contributed by atoms with van der Waals surface area (Å²) in [4.78, 5) is 28.0. The molecule has 2 heterocycles. The van der Waals surface area contributed by atoms with Crippen molar-refractivity contribution >= 4 is 39.2 Å². The number of hydrogen-bond donors (Lipinski definition) is 1. The Bertz CT molecular complexity index is 648. The van der Waals surface area contributed by atoms with Crippen LogP contribution in [0, 0.1) is 0 Å². The number of fused-ring (bicyclic) bond motifs is 1. The number of carbonyl (C=O) groups is 1. The third-order valence-corrected chi connectivity index (χ3v) is 4.47. The minimum absolute atomic E-state index is 0.0356. The number of thioether (sulfide) groups is 1. The predicted molar refractivity (Wildman–Crippen MR) is 78.9 cm³/mol. The Morgan fingerprint density at radius 2 is 2.37 bits per heavy atom. The van der Waals surface area contributed by atoms with Gasteiger partial charge in [0, 0.05) is 13.6 Å². The molecule has 0 saturated carbocycles. The van der Waals surface area contributed by atoms with E-state index >= 15 is 0 Å². The van der Waals surface area contributed by atoms with Gasteiger partial charge >= 0.3 is 0 Å². The second kappa shape index (κ2) is 6.21. The van der Waals surface area contributed by atoms with Gasteiger partial charge < -0.3 is 5.32 Å². The van der Waals surface area contributed by atoms with Crippen molar-refractivity contribution in [1.29, 1.82) is 0 Å². The fraction of sp³-hybridized carbons (Fsp3) is 0.417. The predicted octanol–water partition coefficient (Wildman–Crippen LogP) is 1.61. The third-order valence-electron chi connectivity index (χ3n) is 2.55. The Morgan fingerprint density at radius 1 is 1.58 bits per heavy atom. The van der Waals surface area contributed by atoms with Crippen LogP contribution in [0.1, 0.15) is 13.3 Å². The van der Waals surface area contributed by atoms with Crippen LogP contribution in [0.3, 0.4) is 0 Å². The summed E-state index contributed by atoms with van der Waals surface area (Å²) >= 11 is 2.67. The minimum Gasteiger partial charge on any atom is -0.355 e. The minimum atomic E-state index is -0.0588. The average molecular weight is 297 g/mol. The van der Waals surface area contributed by atoms with Crippen LogP contribution in [0.2, 0.25) is 0 Å². The monoisotopic (exact) mass is 297 g/mol. The van der Waals surface area contributed by atoms with Crippen LogP contribution in [0.4, 0.5) is 0 Å². The number of rotatable bonds is 5. The Labute approximate surface area is 119 Å². The van der Waals surface area contributed by atoms with Crippen molar-refractivity contribution in [2.75, 3.05) is 12.3 Å². The van der Waals surface area contributed by atoms with Crippen molar-refractivity contribution in [3.05, 3.63) is 21.8 Å². The zero-order chi connectivity index (χ0) is 13.8. The molecular formula is C12H15N3O2S2. The number of hydrogen-bond acceptors (Lipinski definition) is 5. The standard InChI is InChI=1S/C12H15N3O2S2/c1-3-5-13-9(16)7-19-12-14-8-4-6-18-10(8)11(17)15(12)2/h4,6H,3,5,7H2,1-2H3,(H,13,16). The van der Waals surface area contributed by atoms with Crippen LogP contribution in [0.25, 0.3) is 10.2 Å². The van der Waals surface area contributed by atoms with E-state index in [1.165, 1.54) is 27.7 Å². The lowest BCUT2D eigenvalue weighted by atomic mass is 10.5. The highest BCUT2D eigenvalue weighted by atomic mass is 32.2. The smallest absolute Gasteiger partial charge is 0.271 e. The Kier molecular flexibility index (Phi) is 4.60. The molecule has 1 amide bonds. The zero-order valence-corrected chi connectivity index (χ0v) is 12.4. The highest BCUT2D eigenvalue weighted by Gasteiger charge is 2.11. The molecule has 0 spiro atoms. The third kappa shape index (κ3) is 3.16. The molecule has 19 heavy (non-hydrogen) atoms. The molecule has 5 nitrogen and oxygen atoms in total. The van der Waals surface area contributed by atoms with Gasteiger partial charge in [-0.05, 0) is 17.9 Å². The maximum Gasteiger partial charge on any atom is 0.271 e. The summed E-state index contributed by atoms with van der Waals surface area (Å²) in [5.74, 6) is 0.238. The summed E-state index contributed by atoms with van der Waals surface area (Å²) in [5, 5.41) is 5.22. The van der Waals surface area contributed by atoms with Gasteiger partial charge in [-0.2, -0.15) is 0 Å². The fourth-order valence-corrected chi connectivity index (χ4v) is 3.15. The van der Waals surface area contributed by atoms with Crippen LogP contribution < -0.4 is 10.9 Å². The molecule has 0 saturated heterocycles. The molecule has 0 fully saturated rings. The lowest BCUT2D eigenvalue weighted by Gasteiger charge is -2.07. The van der Waals surface area contributed by atoms with E-state index in [2.05, 4.69) is 10.3 Å². The van der Waals surface area contributed by atoms with Gasteiger partial charge in [-0.1, -0.05) is 18.7 Å². The second-order valence-electron chi connectivity index (χ2n) is 4.03. The maximum absolute atomic E-state index is 12.0. The summed E-state index contributed by atoms with van der Waals surface area (Å²) in [6.07, 6.45) is 0.911. The van der Waals surface area contributed by atoms with E-state index in [1.807, 2.05) is 18.4 Å². The number of thiophene rings is 1. The summed E-state index contributed by atoms with van der Waals surface area (Å²) in [6, 6.07) is 1.82. The van der Waals surface area contributed by atoms with E-state index in [0.717, 1.165) is 6.42 Å². The van der Waals surface area contributed by atoms with Gasteiger partial charge in [0.05, 0.1) is 11.3 Å². The van der Waals surface area contributed by atoms with Crippen molar-refractivity contribution in [3.8, 4) is 0 Å². The van der Waals surface area contributed by atoms with Crippen molar-refractivity contribution in [1.82, 2.24) is 14.9 Å². The molecular weight excluding hydrogens is 282 g/mol. The van der Waals surface area contributed by atoms with E-state index in [0.29, 0.717) is 21.9 Å². The molecule has 0 aliphatic rings. The highest BCUT2D eigenvalue weighted by Crippen LogP contribution is 2.19. The second-order valence-corrected chi connectivity index (χ2v) is 5.89. The molecule has 2 aromatic heterocycles. The summed E-state index contributed by atoms with van der Waals surface area (Å²) in [6.45, 7) is 2.68. The van der Waals surface area contributed by atoms with E-state index in [1.54, 1.807) is 7.05 Å². The maximum atomic E-state index is 12.0. The molecule has 0 aliphatic carbocycles. The molecule has 0 aromatic carbocycles. The van der Waals surface area contributed by atoms with Gasteiger partial charge in [0.25, 0.3) is 5.56 Å². The lowest BCUT2D eigenvalue weighted by molar-refractivity contribution is -0.118. The van der Waals surface area contributed by atoms with E-state index in [4.69, 9.17) is 0 Å². The normalized spacial score (nSPS) is 10.8. The van der Waals surface area contributed by atoms with Crippen molar-refractivity contribution in [3.63, 3.8) is 0 Å². The van der Waals surface area contributed by atoms with Crippen LogP contribution in [-0.2, 0) is 11.8 Å². The Balaban J connectivity index is 2.14. The molecule has 102 valence electrons. The van der Waals surface area contributed by atoms with Crippen molar-refractivity contribution < 1.29 is 4.79 Å². The largest absolute Gasteiger partial charge is 0.355 e. The number of amides is 1. The molecule has 0 bridgehead atoms. The molecule has 0 radical (unpaired) electrons. The number of aromatic nitrogens is 2. The van der Waals surface area contributed by atoms with Crippen LogP contribution >= 0.6 is 23.1 Å². The Hall–Kier alpha value is -1.34. The topological polar surface area (TPSA) is 64.0 Å². The zero-order valence-electron chi connectivity index (χ0n) is 10.8. The molecule has 2 rings (SSSR count). The highest BCUT2D eigenvalue weighted by molar-refractivity contribution is 7.99. The quantitative estimate of drug-likeness (QED) is 0.673. The van der Waals surface area contributed by atoms with Gasteiger partial charge in [-0.3, -0.25) is 14.2 Å². The van der Waals surface area contributed by atoms with E-state index < -0.39 is 0 Å². The number of carbonyl (C=O) groups excluding carboxylic acids is 1. The first-order valence-corrected chi connectivity index (χ1v) is 7.83. The van der Waals surface area contributed by atoms with Gasteiger partial charge in [-0.15, -0.1) is 11.3 Å². The van der Waals surface area contributed by atoms with E-state index in [9.17, 15) is 9.59 Å². The molecule has 0 atom stereocenters. The van der Waals surface area contributed by atoms with Crippen LogP contribution in [0.5, 0.6) is 0 Å². The molecule has 7 heteroatoms. The van der Waals surface area contributed by atoms with Gasteiger partial charge in [0.15, 0.2) is 5.16 Å². The number of nitrogens with one attached hydrogen (secondary N) is 1. The van der Waals surface area contributed by atoms with Crippen LogP contribution in [0.15, 0.2) is 21.4 Å². The van der Waals surface area contributed by atoms with Gasteiger partial charge in [0.2, 0.25) is 5.91 Å².